The van der Waals surface area contributed by atoms with E-state index in [0.717, 1.165) is 15.3 Å². The third-order valence-electron chi connectivity index (χ3n) is 4.12. The second-order valence-electron chi connectivity index (χ2n) is 6.21. The predicted octanol–water partition coefficient (Wildman–Crippen LogP) is 3.48. The number of thiophene rings is 1. The minimum atomic E-state index is -0.741. The Morgan fingerprint density at radius 3 is 2.41 bits per heavy atom. The number of anilines is 1. The number of rotatable bonds is 7. The smallest absolute Gasteiger partial charge is 0.313 e. The molecule has 0 spiro atoms. The summed E-state index contributed by atoms with van der Waals surface area (Å²) in [7, 11) is 0. The van der Waals surface area contributed by atoms with Crippen LogP contribution < -0.4 is 15.4 Å². The van der Waals surface area contributed by atoms with Crippen LogP contribution >= 0.6 is 11.3 Å². The number of hydrogen-bond acceptors (Lipinski definition) is 5. The first-order chi connectivity index (χ1) is 14.1. The molecule has 6 nitrogen and oxygen atoms in total. The van der Waals surface area contributed by atoms with Gasteiger partial charge in [-0.1, -0.05) is 30.3 Å². The molecule has 7 heteroatoms. The Kier molecular flexibility index (Phi) is 6.99. The molecule has 1 atom stereocenters. The van der Waals surface area contributed by atoms with Gasteiger partial charge in [-0.15, -0.1) is 11.3 Å². The lowest BCUT2D eigenvalue weighted by Crippen LogP contribution is -2.34. The quantitative estimate of drug-likeness (QED) is 0.521. The Morgan fingerprint density at radius 2 is 1.72 bits per heavy atom. The summed E-state index contributed by atoms with van der Waals surface area (Å²) in [5, 5.41) is 15.6. The number of hydrogen-bond donors (Lipinski definition) is 3. The van der Waals surface area contributed by atoms with Crippen molar-refractivity contribution < 1.29 is 19.4 Å². The molecule has 0 saturated heterocycles. The number of aliphatic hydroxyl groups is 1. The minimum Gasteiger partial charge on any atom is -0.494 e. The van der Waals surface area contributed by atoms with Crippen LogP contribution in [-0.4, -0.2) is 23.5 Å². The van der Waals surface area contributed by atoms with Crippen LogP contribution in [-0.2, 0) is 16.1 Å². The van der Waals surface area contributed by atoms with Gasteiger partial charge in [0, 0.05) is 15.4 Å². The fraction of sp³-hybridized carbons (Fsp3) is 0.182. The molecule has 1 heterocycles. The molecule has 0 aliphatic heterocycles. The third kappa shape index (κ3) is 5.66. The first kappa shape index (κ1) is 20.6. The first-order valence-corrected chi connectivity index (χ1v) is 10.0. The number of nitrogens with one attached hydrogen (secondary N) is 2. The normalized spacial score (nSPS) is 11.5. The summed E-state index contributed by atoms with van der Waals surface area (Å²) in [6.07, 6.45) is -0.714. The summed E-state index contributed by atoms with van der Waals surface area (Å²) in [6.45, 7) is 2.65. The number of benzene rings is 2. The monoisotopic (exact) mass is 410 g/mol. The van der Waals surface area contributed by atoms with Crippen LogP contribution in [0.3, 0.4) is 0 Å². The van der Waals surface area contributed by atoms with E-state index in [1.807, 2.05) is 49.4 Å². The maximum absolute atomic E-state index is 12.1. The zero-order valence-electron chi connectivity index (χ0n) is 15.9. The second-order valence-corrected chi connectivity index (χ2v) is 7.41. The summed E-state index contributed by atoms with van der Waals surface area (Å²) >= 11 is 1.39. The molecular formula is C22H22N2O4S. The number of ether oxygens (including phenoxy) is 1. The van der Waals surface area contributed by atoms with Gasteiger partial charge in [0.1, 0.15) is 11.9 Å². The maximum Gasteiger partial charge on any atom is 0.313 e. The Balaban J connectivity index is 1.51. The van der Waals surface area contributed by atoms with Gasteiger partial charge in [-0.2, -0.15) is 0 Å². The van der Waals surface area contributed by atoms with Crippen molar-refractivity contribution in [1.82, 2.24) is 5.32 Å². The van der Waals surface area contributed by atoms with Gasteiger partial charge < -0.3 is 20.5 Å². The number of carbonyl (C=O) groups excluding carboxylic acids is 2. The van der Waals surface area contributed by atoms with Gasteiger partial charge in [0.25, 0.3) is 0 Å². The minimum absolute atomic E-state index is 0.210. The van der Waals surface area contributed by atoms with Gasteiger partial charge >= 0.3 is 11.8 Å². The molecule has 1 unspecified atom stereocenters. The number of aliphatic hydroxyl groups excluding tert-OH is 1. The molecule has 150 valence electrons. The van der Waals surface area contributed by atoms with Crippen molar-refractivity contribution in [2.24, 2.45) is 0 Å². The van der Waals surface area contributed by atoms with Crippen LogP contribution in [0.1, 0.15) is 28.3 Å². The van der Waals surface area contributed by atoms with Crippen LogP contribution in [0, 0.1) is 0 Å². The van der Waals surface area contributed by atoms with E-state index in [2.05, 4.69) is 10.6 Å². The average molecular weight is 410 g/mol. The summed E-state index contributed by atoms with van der Waals surface area (Å²) in [6, 6.07) is 19.8. The molecule has 0 aliphatic carbocycles. The lowest BCUT2D eigenvalue weighted by molar-refractivity contribution is -0.136. The van der Waals surface area contributed by atoms with Crippen molar-refractivity contribution in [3.05, 3.63) is 82.0 Å². The third-order valence-corrected chi connectivity index (χ3v) is 5.26. The van der Waals surface area contributed by atoms with Crippen LogP contribution in [0.25, 0.3) is 0 Å². The van der Waals surface area contributed by atoms with Crippen molar-refractivity contribution in [2.75, 3.05) is 11.9 Å². The Labute approximate surface area is 173 Å². The van der Waals surface area contributed by atoms with Gasteiger partial charge in [-0.25, -0.2) is 0 Å². The molecule has 2 amide bonds. The SMILES string of the molecule is CCOc1ccc(NC(=O)C(=O)NCc2ccc(C(O)c3ccccc3)s2)cc1. The van der Waals surface area contributed by atoms with Crippen LogP contribution in [0.5, 0.6) is 5.75 Å². The molecule has 29 heavy (non-hydrogen) atoms. The number of carbonyl (C=O) groups is 2. The second kappa shape index (κ2) is 9.86. The summed E-state index contributed by atoms with van der Waals surface area (Å²) in [5.41, 5.74) is 1.32. The van der Waals surface area contributed by atoms with E-state index >= 15 is 0 Å². The summed E-state index contributed by atoms with van der Waals surface area (Å²) < 4.78 is 5.34. The highest BCUT2D eigenvalue weighted by atomic mass is 32.1. The van der Waals surface area contributed by atoms with Gasteiger partial charge in [0.2, 0.25) is 0 Å². The topological polar surface area (TPSA) is 87.7 Å². The molecule has 3 N–H and O–H groups in total. The molecule has 3 aromatic rings. The van der Waals surface area contributed by atoms with Crippen molar-refractivity contribution in [1.29, 1.82) is 0 Å². The standard InChI is InChI=1S/C22H22N2O4S/c1-2-28-17-10-8-16(9-11-17)24-22(27)21(26)23-14-18-12-13-19(29-18)20(25)15-6-4-3-5-7-15/h3-13,20,25H,2,14H2,1H3,(H,23,26)(H,24,27). The molecule has 0 aliphatic rings. The van der Waals surface area contributed by atoms with Gasteiger partial charge in [-0.3, -0.25) is 9.59 Å². The van der Waals surface area contributed by atoms with Gasteiger partial charge in [0.05, 0.1) is 13.2 Å². The molecule has 0 fully saturated rings. The van der Waals surface area contributed by atoms with Crippen molar-refractivity contribution >= 4 is 28.8 Å². The Hall–Kier alpha value is -3.16. The molecule has 0 bridgehead atoms. The zero-order valence-corrected chi connectivity index (χ0v) is 16.7. The van der Waals surface area contributed by atoms with E-state index < -0.39 is 17.9 Å². The van der Waals surface area contributed by atoms with Crippen molar-refractivity contribution in [3.8, 4) is 5.75 Å². The highest BCUT2D eigenvalue weighted by Crippen LogP contribution is 2.28. The van der Waals surface area contributed by atoms with E-state index in [9.17, 15) is 14.7 Å². The molecule has 0 radical (unpaired) electrons. The van der Waals surface area contributed by atoms with Crippen LogP contribution in [0.2, 0.25) is 0 Å². The maximum atomic E-state index is 12.1. The van der Waals surface area contributed by atoms with Crippen LogP contribution in [0.4, 0.5) is 5.69 Å². The highest BCUT2D eigenvalue weighted by molar-refractivity contribution is 7.12. The van der Waals surface area contributed by atoms with Crippen molar-refractivity contribution in [3.63, 3.8) is 0 Å². The van der Waals surface area contributed by atoms with E-state index in [4.69, 9.17) is 4.74 Å². The Morgan fingerprint density at radius 1 is 1.00 bits per heavy atom. The Bertz CT molecular complexity index is 954. The van der Waals surface area contributed by atoms with E-state index in [1.165, 1.54) is 11.3 Å². The van der Waals surface area contributed by atoms with Gasteiger partial charge in [-0.05, 0) is 48.9 Å². The zero-order chi connectivity index (χ0) is 20.6. The van der Waals surface area contributed by atoms with E-state index in [1.54, 1.807) is 24.3 Å². The van der Waals surface area contributed by atoms with Crippen LogP contribution in [0.15, 0.2) is 66.7 Å². The predicted molar refractivity (Wildman–Crippen MR) is 113 cm³/mol. The molecule has 3 rings (SSSR count). The highest BCUT2D eigenvalue weighted by Gasteiger charge is 2.16. The largest absolute Gasteiger partial charge is 0.494 e. The average Bonchev–Trinajstić information content (AvgIpc) is 3.22. The molecule has 2 aromatic carbocycles. The number of amides is 2. The summed E-state index contributed by atoms with van der Waals surface area (Å²) in [5.74, 6) is -0.770. The summed E-state index contributed by atoms with van der Waals surface area (Å²) in [4.78, 5) is 25.7. The fourth-order valence-corrected chi connectivity index (χ4v) is 3.64. The lowest BCUT2D eigenvalue weighted by atomic mass is 10.1. The van der Waals surface area contributed by atoms with Crippen molar-refractivity contribution in [2.45, 2.75) is 19.6 Å². The van der Waals surface area contributed by atoms with E-state index in [-0.39, 0.29) is 6.54 Å². The van der Waals surface area contributed by atoms with E-state index in [0.29, 0.717) is 18.0 Å². The van der Waals surface area contributed by atoms with Gasteiger partial charge in [0.15, 0.2) is 0 Å². The first-order valence-electron chi connectivity index (χ1n) is 9.20. The fourth-order valence-electron chi connectivity index (χ4n) is 2.67. The lowest BCUT2D eigenvalue weighted by Gasteiger charge is -2.08. The molecule has 1 aromatic heterocycles. The molecular weight excluding hydrogens is 388 g/mol. The molecule has 0 saturated carbocycles.